The molecule has 0 spiro atoms. The third-order valence-corrected chi connectivity index (χ3v) is 5.91. The Morgan fingerprint density at radius 3 is 2.32 bits per heavy atom. The molecule has 1 amide bonds. The highest BCUT2D eigenvalue weighted by Crippen LogP contribution is 2.33. The number of hydrogen-bond acceptors (Lipinski definition) is 3. The summed E-state index contributed by atoms with van der Waals surface area (Å²) in [7, 11) is 1.97. The number of likely N-dealkylation sites (tertiary alicyclic amines) is 1. The summed E-state index contributed by atoms with van der Waals surface area (Å²) in [5, 5.41) is 3.25. The molecule has 4 heteroatoms. The van der Waals surface area contributed by atoms with Crippen LogP contribution < -0.4 is 5.32 Å². The second kappa shape index (κ2) is 9.16. The number of benzene rings is 1. The summed E-state index contributed by atoms with van der Waals surface area (Å²) in [6.07, 6.45) is 2.27. The Balaban J connectivity index is 0.00000109. The second-order valence-electron chi connectivity index (χ2n) is 6.25. The molecule has 0 radical (unpaired) electrons. The molecule has 2 heterocycles. The lowest BCUT2D eigenvalue weighted by molar-refractivity contribution is 0.0797. The Labute approximate surface area is 156 Å². The monoisotopic (exact) mass is 358 g/mol. The number of aryl methyl sites for hydroxylation is 1. The first-order valence-electron chi connectivity index (χ1n) is 9.27. The maximum Gasteiger partial charge on any atom is 0.264 e. The van der Waals surface area contributed by atoms with Crippen molar-refractivity contribution < 1.29 is 4.79 Å². The Morgan fingerprint density at radius 1 is 1.16 bits per heavy atom. The van der Waals surface area contributed by atoms with Crippen molar-refractivity contribution >= 4 is 17.2 Å². The van der Waals surface area contributed by atoms with Crippen LogP contribution >= 0.6 is 11.3 Å². The average Bonchev–Trinajstić information content (AvgIpc) is 3.32. The van der Waals surface area contributed by atoms with Gasteiger partial charge in [0, 0.05) is 24.0 Å². The molecular weight excluding hydrogens is 328 g/mol. The van der Waals surface area contributed by atoms with Crippen LogP contribution in [0.5, 0.6) is 0 Å². The lowest BCUT2D eigenvalue weighted by Crippen LogP contribution is -2.27. The summed E-state index contributed by atoms with van der Waals surface area (Å²) in [5.74, 6) is 0.205. The van der Waals surface area contributed by atoms with Crippen molar-refractivity contribution in [3.05, 3.63) is 46.3 Å². The first-order valence-corrected chi connectivity index (χ1v) is 10.1. The second-order valence-corrected chi connectivity index (χ2v) is 7.31. The molecule has 1 aliphatic rings. The van der Waals surface area contributed by atoms with Gasteiger partial charge in [0.15, 0.2) is 0 Å². The molecule has 2 aromatic rings. The summed E-state index contributed by atoms with van der Waals surface area (Å²) in [6, 6.07) is 11.1. The van der Waals surface area contributed by atoms with Gasteiger partial charge in [-0.05, 0) is 56.5 Å². The lowest BCUT2D eigenvalue weighted by Gasteiger charge is -2.14. The molecule has 1 saturated heterocycles. The molecule has 136 valence electrons. The van der Waals surface area contributed by atoms with Gasteiger partial charge in [0.05, 0.1) is 4.88 Å². The largest absolute Gasteiger partial charge is 0.338 e. The maximum absolute atomic E-state index is 12.6. The van der Waals surface area contributed by atoms with Crippen molar-refractivity contribution in [2.75, 3.05) is 20.1 Å². The van der Waals surface area contributed by atoms with Crippen molar-refractivity contribution in [2.24, 2.45) is 0 Å². The van der Waals surface area contributed by atoms with Crippen LogP contribution in [0.15, 0.2) is 30.3 Å². The molecule has 0 saturated carbocycles. The standard InChI is InChI=1S/C19H24N2OS.C2H6/c1-13-12-17(16-8-6-15(7-9-16)14(2)20-3)23-18(13)19(22)21-10-4-5-11-21;1-2/h6-9,12,14,20H,4-5,10-11H2,1-3H3;1-2H3. The van der Waals surface area contributed by atoms with Gasteiger partial charge in [-0.25, -0.2) is 0 Å². The number of thiophene rings is 1. The fourth-order valence-corrected chi connectivity index (χ4v) is 4.15. The van der Waals surface area contributed by atoms with Gasteiger partial charge in [-0.15, -0.1) is 11.3 Å². The zero-order valence-corrected chi connectivity index (χ0v) is 16.9. The van der Waals surface area contributed by atoms with Crippen molar-refractivity contribution in [1.82, 2.24) is 10.2 Å². The van der Waals surface area contributed by atoms with E-state index in [9.17, 15) is 4.79 Å². The van der Waals surface area contributed by atoms with Gasteiger partial charge >= 0.3 is 0 Å². The van der Waals surface area contributed by atoms with E-state index in [4.69, 9.17) is 0 Å². The highest BCUT2D eigenvalue weighted by atomic mass is 32.1. The normalized spacial score (nSPS) is 14.8. The quantitative estimate of drug-likeness (QED) is 0.808. The molecule has 1 unspecified atom stereocenters. The van der Waals surface area contributed by atoms with E-state index in [1.54, 1.807) is 11.3 Å². The fraction of sp³-hybridized carbons (Fsp3) is 0.476. The fourth-order valence-electron chi connectivity index (χ4n) is 3.00. The summed E-state index contributed by atoms with van der Waals surface area (Å²) < 4.78 is 0. The van der Waals surface area contributed by atoms with Gasteiger partial charge in [-0.3, -0.25) is 4.79 Å². The van der Waals surface area contributed by atoms with Crippen molar-refractivity contribution in [3.8, 4) is 10.4 Å². The lowest BCUT2D eigenvalue weighted by atomic mass is 10.1. The van der Waals surface area contributed by atoms with Crippen LogP contribution in [0.4, 0.5) is 0 Å². The Hall–Kier alpha value is -1.65. The first-order chi connectivity index (χ1) is 12.1. The average molecular weight is 359 g/mol. The maximum atomic E-state index is 12.6. The highest BCUT2D eigenvalue weighted by molar-refractivity contribution is 7.17. The summed E-state index contributed by atoms with van der Waals surface area (Å²) >= 11 is 1.62. The molecule has 1 aromatic carbocycles. The summed E-state index contributed by atoms with van der Waals surface area (Å²) in [4.78, 5) is 16.7. The van der Waals surface area contributed by atoms with Gasteiger partial charge in [-0.2, -0.15) is 0 Å². The number of hydrogen-bond donors (Lipinski definition) is 1. The topological polar surface area (TPSA) is 32.3 Å². The van der Waals surface area contributed by atoms with E-state index in [-0.39, 0.29) is 5.91 Å². The SMILES string of the molecule is CC.CNC(C)c1ccc(-c2cc(C)c(C(=O)N3CCCC3)s2)cc1. The number of nitrogens with one attached hydrogen (secondary N) is 1. The predicted octanol–water partition coefficient (Wildman–Crippen LogP) is 5.27. The molecule has 3 rings (SSSR count). The van der Waals surface area contributed by atoms with E-state index in [1.807, 2.05) is 32.7 Å². The Bertz CT molecular complexity index is 684. The molecule has 1 atom stereocenters. The molecule has 0 bridgehead atoms. The number of nitrogens with zero attached hydrogens (tertiary/aromatic N) is 1. The Kier molecular flexibility index (Phi) is 7.21. The van der Waals surface area contributed by atoms with Crippen molar-refractivity contribution in [1.29, 1.82) is 0 Å². The third kappa shape index (κ3) is 4.50. The molecule has 25 heavy (non-hydrogen) atoms. The number of amides is 1. The zero-order valence-electron chi connectivity index (χ0n) is 16.1. The summed E-state index contributed by atoms with van der Waals surface area (Å²) in [6.45, 7) is 10.0. The van der Waals surface area contributed by atoms with E-state index >= 15 is 0 Å². The number of rotatable bonds is 4. The molecule has 3 nitrogen and oxygen atoms in total. The Morgan fingerprint density at radius 2 is 1.76 bits per heavy atom. The van der Waals surface area contributed by atoms with Gasteiger partial charge in [-0.1, -0.05) is 38.1 Å². The van der Waals surface area contributed by atoms with Crippen LogP contribution in [0.1, 0.15) is 60.5 Å². The molecule has 1 aliphatic heterocycles. The van der Waals surface area contributed by atoms with E-state index in [0.29, 0.717) is 6.04 Å². The van der Waals surface area contributed by atoms with Crippen molar-refractivity contribution in [2.45, 2.75) is 46.6 Å². The van der Waals surface area contributed by atoms with Crippen LogP contribution in [0.3, 0.4) is 0 Å². The number of carbonyl (C=O) groups is 1. The minimum absolute atomic E-state index is 0.205. The minimum atomic E-state index is 0.205. The zero-order chi connectivity index (χ0) is 18.4. The smallest absolute Gasteiger partial charge is 0.264 e. The van der Waals surface area contributed by atoms with E-state index in [1.165, 1.54) is 16.0 Å². The van der Waals surface area contributed by atoms with Gasteiger partial charge in [0.1, 0.15) is 0 Å². The van der Waals surface area contributed by atoms with Crippen LogP contribution in [0.2, 0.25) is 0 Å². The molecule has 1 N–H and O–H groups in total. The molecule has 0 aliphatic carbocycles. The van der Waals surface area contributed by atoms with Gasteiger partial charge in [0.25, 0.3) is 5.91 Å². The van der Waals surface area contributed by atoms with Gasteiger partial charge in [0.2, 0.25) is 0 Å². The van der Waals surface area contributed by atoms with E-state index < -0.39 is 0 Å². The minimum Gasteiger partial charge on any atom is -0.338 e. The molecular formula is C21H30N2OS. The third-order valence-electron chi connectivity index (χ3n) is 4.63. The first kappa shape index (κ1) is 19.7. The highest BCUT2D eigenvalue weighted by Gasteiger charge is 2.23. The van der Waals surface area contributed by atoms with Gasteiger partial charge < -0.3 is 10.2 Å². The van der Waals surface area contributed by atoms with E-state index in [0.717, 1.165) is 36.4 Å². The van der Waals surface area contributed by atoms with Crippen molar-refractivity contribution in [3.63, 3.8) is 0 Å². The van der Waals surface area contributed by atoms with Crippen LogP contribution in [0, 0.1) is 6.92 Å². The van der Waals surface area contributed by atoms with Crippen LogP contribution in [0.25, 0.3) is 10.4 Å². The molecule has 1 aromatic heterocycles. The van der Waals surface area contributed by atoms with Crippen LogP contribution in [-0.2, 0) is 0 Å². The van der Waals surface area contributed by atoms with Crippen LogP contribution in [-0.4, -0.2) is 30.9 Å². The number of carbonyl (C=O) groups excluding carboxylic acids is 1. The molecule has 1 fully saturated rings. The summed E-state index contributed by atoms with van der Waals surface area (Å²) in [5.41, 5.74) is 3.55. The van der Waals surface area contributed by atoms with E-state index in [2.05, 4.69) is 42.6 Å². The predicted molar refractivity (Wildman–Crippen MR) is 108 cm³/mol.